The van der Waals surface area contributed by atoms with Crippen LogP contribution in [0.3, 0.4) is 0 Å². The van der Waals surface area contributed by atoms with Crippen molar-refractivity contribution in [2.24, 2.45) is 0 Å². The average molecular weight is 543 g/mol. The summed E-state index contributed by atoms with van der Waals surface area (Å²) in [6.45, 7) is 4.68. The van der Waals surface area contributed by atoms with Crippen molar-refractivity contribution >= 4 is 53.4 Å². The van der Waals surface area contributed by atoms with Gasteiger partial charge in [-0.3, -0.25) is 4.57 Å². The molecular formula is C38H26N2S. The molecule has 0 saturated heterocycles. The highest BCUT2D eigenvalue weighted by Crippen LogP contribution is 2.50. The van der Waals surface area contributed by atoms with E-state index >= 15 is 0 Å². The van der Waals surface area contributed by atoms with Crippen LogP contribution in [0.2, 0.25) is 0 Å². The lowest BCUT2D eigenvalue weighted by atomic mass is 9.82. The van der Waals surface area contributed by atoms with Gasteiger partial charge in [-0.1, -0.05) is 92.7 Å². The van der Waals surface area contributed by atoms with Crippen molar-refractivity contribution in [3.63, 3.8) is 0 Å². The molecule has 0 fully saturated rings. The van der Waals surface area contributed by atoms with Crippen molar-refractivity contribution in [1.29, 1.82) is 0 Å². The third-order valence-electron chi connectivity index (χ3n) is 9.07. The Morgan fingerprint density at radius 3 is 2.34 bits per heavy atom. The summed E-state index contributed by atoms with van der Waals surface area (Å²) in [5.74, 6) is 0. The summed E-state index contributed by atoms with van der Waals surface area (Å²) >= 11 is 1.89. The van der Waals surface area contributed by atoms with Crippen molar-refractivity contribution in [3.05, 3.63) is 133 Å². The van der Waals surface area contributed by atoms with Crippen LogP contribution in [0.15, 0.2) is 121 Å². The first kappa shape index (κ1) is 23.0. The van der Waals surface area contributed by atoms with Gasteiger partial charge in [0.25, 0.3) is 0 Å². The predicted molar refractivity (Wildman–Crippen MR) is 174 cm³/mol. The maximum Gasteiger partial charge on any atom is 0.145 e. The van der Waals surface area contributed by atoms with Gasteiger partial charge in [0, 0.05) is 48.2 Å². The Morgan fingerprint density at radius 2 is 1.39 bits per heavy atom. The third-order valence-corrected chi connectivity index (χ3v) is 10.3. The monoisotopic (exact) mass is 542 g/mol. The molecule has 3 heterocycles. The quantitative estimate of drug-likeness (QED) is 0.212. The molecule has 0 N–H and O–H groups in total. The van der Waals surface area contributed by atoms with Crippen LogP contribution in [0.25, 0.3) is 70.0 Å². The molecule has 1 aliphatic rings. The molecule has 3 aromatic heterocycles. The summed E-state index contributed by atoms with van der Waals surface area (Å²) in [6.07, 6.45) is 1.89. The first-order valence-corrected chi connectivity index (χ1v) is 15.0. The third kappa shape index (κ3) is 3.10. The zero-order chi connectivity index (χ0) is 27.3. The SMILES string of the molecule is CC1(C)c2ccccc2-c2cc(-c3cccc4c3sc3cc(-n5c6ccccc6c6cccnc65)ccc34)ccc21. The van der Waals surface area contributed by atoms with E-state index in [-0.39, 0.29) is 5.41 Å². The summed E-state index contributed by atoms with van der Waals surface area (Å²) in [7, 11) is 0. The van der Waals surface area contributed by atoms with E-state index in [9.17, 15) is 0 Å². The van der Waals surface area contributed by atoms with E-state index in [2.05, 4.69) is 128 Å². The van der Waals surface area contributed by atoms with Crippen LogP contribution in [0.1, 0.15) is 25.0 Å². The van der Waals surface area contributed by atoms with Crippen LogP contribution in [0, 0.1) is 0 Å². The molecule has 3 heteroatoms. The number of thiophene rings is 1. The first-order chi connectivity index (χ1) is 20.1. The van der Waals surface area contributed by atoms with Crippen LogP contribution in [0.4, 0.5) is 0 Å². The fourth-order valence-electron chi connectivity index (χ4n) is 7.10. The van der Waals surface area contributed by atoms with Crippen LogP contribution < -0.4 is 0 Å². The van der Waals surface area contributed by atoms with E-state index < -0.39 is 0 Å². The lowest BCUT2D eigenvalue weighted by Crippen LogP contribution is -2.14. The minimum atomic E-state index is 0.0200. The van der Waals surface area contributed by atoms with Crippen LogP contribution in [-0.2, 0) is 5.41 Å². The lowest BCUT2D eigenvalue weighted by molar-refractivity contribution is 0.660. The predicted octanol–water partition coefficient (Wildman–Crippen LogP) is 10.5. The smallest absolute Gasteiger partial charge is 0.145 e. The molecule has 41 heavy (non-hydrogen) atoms. The van der Waals surface area contributed by atoms with Gasteiger partial charge in [-0.2, -0.15) is 0 Å². The van der Waals surface area contributed by atoms with E-state index in [0.717, 1.165) is 11.3 Å². The van der Waals surface area contributed by atoms with Crippen molar-refractivity contribution in [3.8, 4) is 27.9 Å². The van der Waals surface area contributed by atoms with Crippen molar-refractivity contribution in [2.75, 3.05) is 0 Å². The van der Waals surface area contributed by atoms with Crippen LogP contribution >= 0.6 is 11.3 Å². The number of nitrogens with zero attached hydrogens (tertiary/aromatic N) is 2. The summed E-state index contributed by atoms with van der Waals surface area (Å²) in [5.41, 5.74) is 11.5. The molecule has 9 rings (SSSR count). The Bertz CT molecular complexity index is 2300. The molecule has 0 atom stereocenters. The Balaban J connectivity index is 1.24. The van der Waals surface area contributed by atoms with Crippen molar-refractivity contribution < 1.29 is 0 Å². The van der Waals surface area contributed by atoms with Gasteiger partial charge in [-0.05, 0) is 69.8 Å². The molecule has 0 radical (unpaired) electrons. The Labute approximate surface area is 242 Å². The number of para-hydroxylation sites is 1. The van der Waals surface area contributed by atoms with Gasteiger partial charge >= 0.3 is 0 Å². The zero-order valence-corrected chi connectivity index (χ0v) is 23.7. The van der Waals surface area contributed by atoms with E-state index in [0.29, 0.717) is 0 Å². The number of benzene rings is 5. The van der Waals surface area contributed by atoms with Gasteiger partial charge in [0.05, 0.1) is 5.52 Å². The second-order valence-corrected chi connectivity index (χ2v) is 12.7. The van der Waals surface area contributed by atoms with E-state index in [1.165, 1.54) is 69.8 Å². The van der Waals surface area contributed by atoms with Gasteiger partial charge in [0.2, 0.25) is 0 Å². The highest BCUT2D eigenvalue weighted by Gasteiger charge is 2.35. The standard InChI is InChI=1S/C38H26N2S/c1-38(2)32-14-5-3-9-26(32)31-21-23(16-19-33(31)38)25-11-7-12-29-28-18-17-24(22-35(28)41-36(25)29)40-34-15-6-4-10-27(34)30-13-8-20-39-37(30)40/h3-22H,1-2H3. The van der Waals surface area contributed by atoms with Gasteiger partial charge in [-0.25, -0.2) is 4.98 Å². The molecule has 0 spiro atoms. The molecular weight excluding hydrogens is 516 g/mol. The number of rotatable bonds is 2. The normalized spacial score (nSPS) is 13.8. The fraction of sp³-hybridized carbons (Fsp3) is 0.0789. The maximum atomic E-state index is 4.79. The molecule has 1 aliphatic carbocycles. The van der Waals surface area contributed by atoms with Crippen molar-refractivity contribution in [2.45, 2.75) is 19.3 Å². The second kappa shape index (κ2) is 8.15. The number of pyridine rings is 1. The maximum absolute atomic E-state index is 4.79. The van der Waals surface area contributed by atoms with Gasteiger partial charge in [0.1, 0.15) is 5.65 Å². The molecule has 194 valence electrons. The lowest BCUT2D eigenvalue weighted by Gasteiger charge is -2.21. The molecule has 8 aromatic rings. The molecule has 5 aromatic carbocycles. The summed E-state index contributed by atoms with van der Waals surface area (Å²) < 4.78 is 4.93. The first-order valence-electron chi connectivity index (χ1n) is 14.1. The van der Waals surface area contributed by atoms with Gasteiger partial charge in [0.15, 0.2) is 0 Å². The topological polar surface area (TPSA) is 17.8 Å². The highest BCUT2D eigenvalue weighted by atomic mass is 32.1. The zero-order valence-electron chi connectivity index (χ0n) is 22.8. The summed E-state index contributed by atoms with van der Waals surface area (Å²) in [6, 6.07) is 42.4. The highest BCUT2D eigenvalue weighted by molar-refractivity contribution is 7.26. The average Bonchev–Trinajstić information content (AvgIpc) is 3.63. The van der Waals surface area contributed by atoms with E-state index in [4.69, 9.17) is 4.98 Å². The minimum absolute atomic E-state index is 0.0200. The minimum Gasteiger partial charge on any atom is -0.294 e. The van der Waals surface area contributed by atoms with Gasteiger partial charge in [-0.15, -0.1) is 11.3 Å². The van der Waals surface area contributed by atoms with Crippen LogP contribution in [-0.4, -0.2) is 9.55 Å². The number of hydrogen-bond donors (Lipinski definition) is 0. The molecule has 0 unspecified atom stereocenters. The molecule has 0 aliphatic heterocycles. The number of fused-ring (bicyclic) bond motifs is 9. The van der Waals surface area contributed by atoms with Gasteiger partial charge < -0.3 is 0 Å². The fourth-order valence-corrected chi connectivity index (χ4v) is 8.37. The molecule has 0 bridgehead atoms. The number of aromatic nitrogens is 2. The Morgan fingerprint density at radius 1 is 0.610 bits per heavy atom. The number of hydrogen-bond acceptors (Lipinski definition) is 2. The molecule has 2 nitrogen and oxygen atoms in total. The van der Waals surface area contributed by atoms with Crippen molar-refractivity contribution in [1.82, 2.24) is 9.55 Å². The summed E-state index contributed by atoms with van der Waals surface area (Å²) in [5, 5.41) is 5.03. The van der Waals surface area contributed by atoms with E-state index in [1.54, 1.807) is 0 Å². The second-order valence-electron chi connectivity index (χ2n) is 11.6. The molecule has 0 saturated carbocycles. The molecule has 0 amide bonds. The van der Waals surface area contributed by atoms with E-state index in [1.807, 2.05) is 23.6 Å². The Kier molecular flexibility index (Phi) is 4.58. The summed E-state index contributed by atoms with van der Waals surface area (Å²) in [4.78, 5) is 4.79. The Hall–Kier alpha value is -4.73. The largest absolute Gasteiger partial charge is 0.294 e. The van der Waals surface area contributed by atoms with Crippen LogP contribution in [0.5, 0.6) is 0 Å².